The molecule has 2 N–H and O–H groups in total. The van der Waals surface area contributed by atoms with Crippen molar-refractivity contribution in [1.82, 2.24) is 15.5 Å². The quantitative estimate of drug-likeness (QED) is 0.723. The minimum absolute atomic E-state index is 0.272. The zero-order chi connectivity index (χ0) is 15.1. The van der Waals surface area contributed by atoms with Gasteiger partial charge in [-0.05, 0) is 12.1 Å². The summed E-state index contributed by atoms with van der Waals surface area (Å²) < 4.78 is 15.5. The summed E-state index contributed by atoms with van der Waals surface area (Å²) in [6.45, 7) is 1.81. The SMILES string of the molecule is COCCNCc1nnc(Nc2cc(OC)ccc2Cl)o1. The van der Waals surface area contributed by atoms with E-state index < -0.39 is 0 Å². The van der Waals surface area contributed by atoms with Gasteiger partial charge in [0.1, 0.15) is 5.75 Å². The van der Waals surface area contributed by atoms with Crippen LogP contribution in [0.1, 0.15) is 5.89 Å². The molecule has 0 spiro atoms. The zero-order valence-corrected chi connectivity index (χ0v) is 12.6. The fraction of sp³-hybridized carbons (Fsp3) is 0.385. The molecule has 1 aromatic carbocycles. The van der Waals surface area contributed by atoms with E-state index >= 15 is 0 Å². The molecule has 0 fully saturated rings. The second-order valence-electron chi connectivity index (χ2n) is 4.14. The molecule has 0 aliphatic heterocycles. The van der Waals surface area contributed by atoms with Gasteiger partial charge in [-0.15, -0.1) is 5.10 Å². The number of benzene rings is 1. The predicted octanol–water partition coefficient (Wildman–Crippen LogP) is 2.21. The predicted molar refractivity (Wildman–Crippen MR) is 79.2 cm³/mol. The van der Waals surface area contributed by atoms with Crippen molar-refractivity contribution in [2.24, 2.45) is 0 Å². The second kappa shape index (κ2) is 7.82. The van der Waals surface area contributed by atoms with Crippen molar-refractivity contribution in [2.45, 2.75) is 6.54 Å². The van der Waals surface area contributed by atoms with Crippen molar-refractivity contribution >= 4 is 23.3 Å². The van der Waals surface area contributed by atoms with Crippen LogP contribution in [0.4, 0.5) is 11.7 Å². The number of hydrogen-bond donors (Lipinski definition) is 2. The van der Waals surface area contributed by atoms with Gasteiger partial charge in [0.2, 0.25) is 5.89 Å². The van der Waals surface area contributed by atoms with Gasteiger partial charge in [-0.2, -0.15) is 0 Å². The number of nitrogens with zero attached hydrogens (tertiary/aromatic N) is 2. The highest BCUT2D eigenvalue weighted by atomic mass is 35.5. The number of rotatable bonds is 8. The minimum Gasteiger partial charge on any atom is -0.497 e. The molecule has 0 unspecified atom stereocenters. The minimum atomic E-state index is 0.272. The first kappa shape index (κ1) is 15.6. The second-order valence-corrected chi connectivity index (χ2v) is 4.55. The Kier molecular flexibility index (Phi) is 5.79. The molecular formula is C13H17ClN4O3. The van der Waals surface area contributed by atoms with Crippen molar-refractivity contribution < 1.29 is 13.9 Å². The number of nitrogens with one attached hydrogen (secondary N) is 2. The number of ether oxygens (including phenoxy) is 2. The molecule has 0 radical (unpaired) electrons. The van der Waals surface area contributed by atoms with E-state index in [1.165, 1.54) is 0 Å². The van der Waals surface area contributed by atoms with Gasteiger partial charge >= 0.3 is 6.01 Å². The first-order valence-electron chi connectivity index (χ1n) is 6.35. The van der Waals surface area contributed by atoms with Crippen molar-refractivity contribution in [3.63, 3.8) is 0 Å². The Morgan fingerprint density at radius 3 is 2.90 bits per heavy atom. The lowest BCUT2D eigenvalue weighted by Crippen LogP contribution is -2.18. The molecule has 1 aromatic heterocycles. The normalized spacial score (nSPS) is 10.6. The lowest BCUT2D eigenvalue weighted by atomic mass is 10.3. The van der Waals surface area contributed by atoms with E-state index in [0.29, 0.717) is 42.0 Å². The third-order valence-corrected chi connectivity index (χ3v) is 2.97. The maximum absolute atomic E-state index is 6.09. The Hall–Kier alpha value is -1.83. The smallest absolute Gasteiger partial charge is 0.320 e. The molecule has 0 aliphatic rings. The van der Waals surface area contributed by atoms with E-state index in [1.54, 1.807) is 32.4 Å². The largest absolute Gasteiger partial charge is 0.497 e. The van der Waals surface area contributed by atoms with Crippen LogP contribution in [-0.2, 0) is 11.3 Å². The van der Waals surface area contributed by atoms with Gasteiger partial charge in [0, 0.05) is 19.7 Å². The molecule has 7 nitrogen and oxygen atoms in total. The fourth-order valence-corrected chi connectivity index (χ4v) is 1.75. The molecular weight excluding hydrogens is 296 g/mol. The fourth-order valence-electron chi connectivity index (χ4n) is 1.59. The van der Waals surface area contributed by atoms with E-state index in [4.69, 9.17) is 25.5 Å². The van der Waals surface area contributed by atoms with Gasteiger partial charge in [0.05, 0.1) is 31.0 Å². The summed E-state index contributed by atoms with van der Waals surface area (Å²) in [5.74, 6) is 1.16. The van der Waals surface area contributed by atoms with Crippen LogP contribution < -0.4 is 15.4 Å². The third kappa shape index (κ3) is 4.59. The summed E-state index contributed by atoms with van der Waals surface area (Å²) in [7, 11) is 3.23. The highest BCUT2D eigenvalue weighted by Crippen LogP contribution is 2.28. The first-order chi connectivity index (χ1) is 10.2. The number of methoxy groups -OCH3 is 2. The molecule has 21 heavy (non-hydrogen) atoms. The van der Waals surface area contributed by atoms with E-state index in [-0.39, 0.29) is 6.01 Å². The monoisotopic (exact) mass is 312 g/mol. The topological polar surface area (TPSA) is 81.4 Å². The Morgan fingerprint density at radius 2 is 2.14 bits per heavy atom. The average Bonchev–Trinajstić information content (AvgIpc) is 2.93. The lowest BCUT2D eigenvalue weighted by molar-refractivity contribution is 0.198. The van der Waals surface area contributed by atoms with Gasteiger partial charge in [-0.25, -0.2) is 0 Å². The van der Waals surface area contributed by atoms with Crippen LogP contribution in [0.3, 0.4) is 0 Å². The molecule has 2 aromatic rings. The van der Waals surface area contributed by atoms with Gasteiger partial charge in [0.25, 0.3) is 0 Å². The van der Waals surface area contributed by atoms with Gasteiger partial charge in [-0.3, -0.25) is 0 Å². The number of hydrogen-bond acceptors (Lipinski definition) is 7. The molecule has 0 saturated heterocycles. The Bertz CT molecular complexity index is 576. The van der Waals surface area contributed by atoms with Crippen LogP contribution >= 0.6 is 11.6 Å². The maximum atomic E-state index is 6.09. The summed E-state index contributed by atoms with van der Waals surface area (Å²) in [6, 6.07) is 5.52. The Labute approximate surface area is 127 Å². The molecule has 0 atom stereocenters. The summed E-state index contributed by atoms with van der Waals surface area (Å²) in [5.41, 5.74) is 0.638. The summed E-state index contributed by atoms with van der Waals surface area (Å²) in [5, 5.41) is 14.4. The number of halogens is 1. The summed E-state index contributed by atoms with van der Waals surface area (Å²) in [4.78, 5) is 0. The van der Waals surface area contributed by atoms with Crippen molar-refractivity contribution in [3.8, 4) is 5.75 Å². The summed E-state index contributed by atoms with van der Waals surface area (Å²) >= 11 is 6.09. The average molecular weight is 313 g/mol. The van der Waals surface area contributed by atoms with Crippen molar-refractivity contribution in [1.29, 1.82) is 0 Å². The maximum Gasteiger partial charge on any atom is 0.320 e. The van der Waals surface area contributed by atoms with E-state index in [1.807, 2.05) is 0 Å². The first-order valence-corrected chi connectivity index (χ1v) is 6.73. The lowest BCUT2D eigenvalue weighted by Gasteiger charge is -2.06. The number of anilines is 2. The van der Waals surface area contributed by atoms with E-state index in [2.05, 4.69) is 20.8 Å². The van der Waals surface area contributed by atoms with Gasteiger partial charge in [0.15, 0.2) is 0 Å². The van der Waals surface area contributed by atoms with Crippen LogP contribution in [0.25, 0.3) is 0 Å². The molecule has 0 aliphatic carbocycles. The molecule has 0 amide bonds. The van der Waals surface area contributed by atoms with Crippen LogP contribution in [0.5, 0.6) is 5.75 Å². The van der Waals surface area contributed by atoms with Crippen molar-refractivity contribution in [2.75, 3.05) is 32.7 Å². The summed E-state index contributed by atoms with van der Waals surface area (Å²) in [6.07, 6.45) is 0. The van der Waals surface area contributed by atoms with Crippen molar-refractivity contribution in [3.05, 3.63) is 29.1 Å². The van der Waals surface area contributed by atoms with Crippen LogP contribution in [-0.4, -0.2) is 37.6 Å². The molecule has 0 saturated carbocycles. The third-order valence-electron chi connectivity index (χ3n) is 2.64. The number of aromatic nitrogens is 2. The van der Waals surface area contributed by atoms with E-state index in [9.17, 15) is 0 Å². The standard InChI is InChI=1S/C13H17ClN4O3/c1-19-6-5-15-8-12-17-18-13(21-12)16-11-7-9(20-2)3-4-10(11)14/h3-4,7,15H,5-6,8H2,1-2H3,(H,16,18). The Balaban J connectivity index is 1.96. The van der Waals surface area contributed by atoms with Crippen LogP contribution in [0, 0.1) is 0 Å². The van der Waals surface area contributed by atoms with Crippen LogP contribution in [0.15, 0.2) is 22.6 Å². The molecule has 1 heterocycles. The van der Waals surface area contributed by atoms with Crippen LogP contribution in [0.2, 0.25) is 5.02 Å². The van der Waals surface area contributed by atoms with E-state index in [0.717, 1.165) is 0 Å². The zero-order valence-electron chi connectivity index (χ0n) is 11.9. The molecule has 2 rings (SSSR count). The highest BCUT2D eigenvalue weighted by Gasteiger charge is 2.09. The van der Waals surface area contributed by atoms with Gasteiger partial charge < -0.3 is 24.5 Å². The molecule has 0 bridgehead atoms. The van der Waals surface area contributed by atoms with Gasteiger partial charge in [-0.1, -0.05) is 16.7 Å². The molecule has 114 valence electrons. The Morgan fingerprint density at radius 1 is 1.29 bits per heavy atom. The molecule has 8 heteroatoms. The highest BCUT2D eigenvalue weighted by molar-refractivity contribution is 6.33.